The fourth-order valence-electron chi connectivity index (χ4n) is 3.71. The van der Waals surface area contributed by atoms with Crippen LogP contribution in [0.1, 0.15) is 35.4 Å². The standard InChI is InChI=1S/C20H26ClN3O2/c1-14-18(15(2)24(3)23-14)12-19(25)22-13-20(7-9-26-10-8-20)16-5-4-6-17(21)11-16/h4-6,11H,7-10,12-13H2,1-3H3,(H,22,25). The van der Waals surface area contributed by atoms with Gasteiger partial charge < -0.3 is 10.1 Å². The van der Waals surface area contributed by atoms with Gasteiger partial charge in [-0.3, -0.25) is 9.48 Å². The molecule has 26 heavy (non-hydrogen) atoms. The summed E-state index contributed by atoms with van der Waals surface area (Å²) in [5.41, 5.74) is 4.00. The number of benzene rings is 1. The number of carbonyl (C=O) groups excluding carboxylic acids is 1. The van der Waals surface area contributed by atoms with Crippen molar-refractivity contribution < 1.29 is 9.53 Å². The van der Waals surface area contributed by atoms with Crippen LogP contribution in [0.3, 0.4) is 0 Å². The third kappa shape index (κ3) is 3.94. The number of aryl methyl sites for hydroxylation is 2. The number of ether oxygens (including phenoxy) is 1. The summed E-state index contributed by atoms with van der Waals surface area (Å²) in [4.78, 5) is 12.6. The van der Waals surface area contributed by atoms with Crippen molar-refractivity contribution >= 4 is 17.5 Å². The van der Waals surface area contributed by atoms with Crippen LogP contribution in [0.5, 0.6) is 0 Å². The molecule has 1 saturated heterocycles. The minimum absolute atomic E-state index is 0.0251. The molecule has 140 valence electrons. The molecule has 1 aromatic heterocycles. The van der Waals surface area contributed by atoms with Crippen molar-refractivity contribution in [2.24, 2.45) is 7.05 Å². The maximum absolute atomic E-state index is 12.6. The highest BCUT2D eigenvalue weighted by atomic mass is 35.5. The lowest BCUT2D eigenvalue weighted by Crippen LogP contribution is -2.45. The number of aromatic nitrogens is 2. The van der Waals surface area contributed by atoms with Crippen molar-refractivity contribution in [2.75, 3.05) is 19.8 Å². The second kappa shape index (κ2) is 7.80. The molecular formula is C20H26ClN3O2. The summed E-state index contributed by atoms with van der Waals surface area (Å²) in [7, 11) is 1.90. The molecule has 0 bridgehead atoms. The van der Waals surface area contributed by atoms with Gasteiger partial charge in [0.15, 0.2) is 0 Å². The summed E-state index contributed by atoms with van der Waals surface area (Å²) >= 11 is 6.21. The number of nitrogens with one attached hydrogen (secondary N) is 1. The first-order valence-electron chi connectivity index (χ1n) is 9.01. The van der Waals surface area contributed by atoms with Crippen LogP contribution in [0.4, 0.5) is 0 Å². The van der Waals surface area contributed by atoms with Crippen molar-refractivity contribution in [3.8, 4) is 0 Å². The summed E-state index contributed by atoms with van der Waals surface area (Å²) in [5, 5.41) is 8.26. The Morgan fingerprint density at radius 1 is 1.35 bits per heavy atom. The fraction of sp³-hybridized carbons (Fsp3) is 0.500. The Morgan fingerprint density at radius 3 is 2.69 bits per heavy atom. The Hall–Kier alpha value is -1.85. The zero-order valence-electron chi connectivity index (χ0n) is 15.6. The van der Waals surface area contributed by atoms with Gasteiger partial charge in [-0.15, -0.1) is 0 Å². The highest BCUT2D eigenvalue weighted by Gasteiger charge is 2.35. The van der Waals surface area contributed by atoms with Gasteiger partial charge in [-0.1, -0.05) is 23.7 Å². The highest BCUT2D eigenvalue weighted by molar-refractivity contribution is 6.30. The lowest BCUT2D eigenvalue weighted by Gasteiger charge is -2.38. The van der Waals surface area contributed by atoms with Gasteiger partial charge in [0.2, 0.25) is 5.91 Å². The van der Waals surface area contributed by atoms with E-state index >= 15 is 0 Å². The summed E-state index contributed by atoms with van der Waals surface area (Å²) in [6.07, 6.45) is 2.10. The Bertz CT molecular complexity index is 794. The number of hydrogen-bond acceptors (Lipinski definition) is 3. The number of amides is 1. The van der Waals surface area contributed by atoms with Crippen LogP contribution in [0, 0.1) is 13.8 Å². The number of rotatable bonds is 5. The molecule has 1 N–H and O–H groups in total. The number of halogens is 1. The van der Waals surface area contributed by atoms with Gasteiger partial charge in [0, 0.05) is 48.5 Å². The molecule has 0 unspecified atom stereocenters. The van der Waals surface area contributed by atoms with Gasteiger partial charge in [0.05, 0.1) is 12.1 Å². The molecule has 0 spiro atoms. The second-order valence-corrected chi connectivity index (χ2v) is 7.57. The van der Waals surface area contributed by atoms with Crippen LogP contribution in [0.25, 0.3) is 0 Å². The first-order chi connectivity index (χ1) is 12.4. The van der Waals surface area contributed by atoms with Gasteiger partial charge in [0.25, 0.3) is 0 Å². The Labute approximate surface area is 159 Å². The van der Waals surface area contributed by atoms with Gasteiger partial charge in [-0.2, -0.15) is 5.10 Å². The lowest BCUT2D eigenvalue weighted by molar-refractivity contribution is -0.121. The molecule has 3 rings (SSSR count). The van der Waals surface area contributed by atoms with Gasteiger partial charge >= 0.3 is 0 Å². The molecule has 1 aliphatic heterocycles. The van der Waals surface area contributed by atoms with Crippen molar-refractivity contribution in [3.05, 3.63) is 51.8 Å². The van der Waals surface area contributed by atoms with Crippen LogP contribution >= 0.6 is 11.6 Å². The van der Waals surface area contributed by atoms with Crippen LogP contribution in [-0.2, 0) is 28.4 Å². The normalized spacial score (nSPS) is 16.5. The van der Waals surface area contributed by atoms with E-state index in [0.29, 0.717) is 26.2 Å². The van der Waals surface area contributed by atoms with Crippen molar-refractivity contribution in [3.63, 3.8) is 0 Å². The third-order valence-electron chi connectivity index (χ3n) is 5.51. The average molecular weight is 376 g/mol. The SMILES string of the molecule is Cc1nn(C)c(C)c1CC(=O)NCC1(c2cccc(Cl)c2)CCOCC1. The van der Waals surface area contributed by atoms with E-state index in [9.17, 15) is 4.79 Å². The second-order valence-electron chi connectivity index (χ2n) is 7.13. The molecule has 2 heterocycles. The van der Waals surface area contributed by atoms with E-state index in [1.807, 2.05) is 43.8 Å². The third-order valence-corrected chi connectivity index (χ3v) is 5.74. The Balaban J connectivity index is 1.73. The van der Waals surface area contributed by atoms with E-state index < -0.39 is 0 Å². The molecule has 1 aromatic carbocycles. The van der Waals surface area contributed by atoms with Crippen LogP contribution < -0.4 is 5.32 Å². The molecule has 1 amide bonds. The number of hydrogen-bond donors (Lipinski definition) is 1. The largest absolute Gasteiger partial charge is 0.381 e. The van der Waals surface area contributed by atoms with E-state index in [1.165, 1.54) is 5.56 Å². The molecule has 0 saturated carbocycles. The van der Waals surface area contributed by atoms with Crippen molar-refractivity contribution in [2.45, 2.75) is 38.5 Å². The average Bonchev–Trinajstić information content (AvgIpc) is 2.87. The quantitative estimate of drug-likeness (QED) is 0.873. The zero-order valence-corrected chi connectivity index (χ0v) is 16.4. The van der Waals surface area contributed by atoms with E-state index in [2.05, 4.69) is 16.5 Å². The number of carbonyl (C=O) groups is 1. The van der Waals surface area contributed by atoms with E-state index in [4.69, 9.17) is 16.3 Å². The lowest BCUT2D eigenvalue weighted by atomic mass is 9.74. The maximum Gasteiger partial charge on any atom is 0.224 e. The predicted molar refractivity (Wildman–Crippen MR) is 103 cm³/mol. The fourth-order valence-corrected chi connectivity index (χ4v) is 3.90. The van der Waals surface area contributed by atoms with Crippen molar-refractivity contribution in [1.29, 1.82) is 0 Å². The smallest absolute Gasteiger partial charge is 0.224 e. The van der Waals surface area contributed by atoms with E-state index in [1.54, 1.807) is 0 Å². The zero-order chi connectivity index (χ0) is 18.7. The molecule has 1 fully saturated rings. The summed E-state index contributed by atoms with van der Waals surface area (Å²) in [5.74, 6) is 0.0251. The van der Waals surface area contributed by atoms with Crippen LogP contribution in [0.15, 0.2) is 24.3 Å². The molecule has 0 atom stereocenters. The van der Waals surface area contributed by atoms with Gasteiger partial charge in [-0.05, 0) is 44.4 Å². The van der Waals surface area contributed by atoms with Gasteiger partial charge in [0.1, 0.15) is 0 Å². The molecule has 6 heteroatoms. The summed E-state index contributed by atoms with van der Waals surface area (Å²) in [6, 6.07) is 7.96. The molecule has 2 aromatic rings. The summed E-state index contributed by atoms with van der Waals surface area (Å²) < 4.78 is 7.38. The van der Waals surface area contributed by atoms with Crippen molar-refractivity contribution in [1.82, 2.24) is 15.1 Å². The maximum atomic E-state index is 12.6. The number of nitrogens with zero attached hydrogens (tertiary/aromatic N) is 2. The van der Waals surface area contributed by atoms with E-state index in [-0.39, 0.29) is 11.3 Å². The molecule has 1 aliphatic rings. The van der Waals surface area contributed by atoms with Crippen LogP contribution in [0.2, 0.25) is 5.02 Å². The molecule has 5 nitrogen and oxygen atoms in total. The predicted octanol–water partition coefficient (Wildman–Crippen LogP) is 3.10. The minimum Gasteiger partial charge on any atom is -0.381 e. The minimum atomic E-state index is -0.127. The summed E-state index contributed by atoms with van der Waals surface area (Å²) in [6.45, 7) is 5.93. The Kier molecular flexibility index (Phi) is 5.68. The van der Waals surface area contributed by atoms with Crippen LogP contribution in [-0.4, -0.2) is 35.4 Å². The van der Waals surface area contributed by atoms with Gasteiger partial charge in [-0.25, -0.2) is 0 Å². The Morgan fingerprint density at radius 2 is 2.08 bits per heavy atom. The highest BCUT2D eigenvalue weighted by Crippen LogP contribution is 2.35. The van der Waals surface area contributed by atoms with E-state index in [0.717, 1.165) is 34.8 Å². The first-order valence-corrected chi connectivity index (χ1v) is 9.39. The topological polar surface area (TPSA) is 56.2 Å². The molecule has 0 radical (unpaired) electrons. The monoisotopic (exact) mass is 375 g/mol. The molecular weight excluding hydrogens is 350 g/mol. The first kappa shape index (κ1) is 18.9. The molecule has 0 aliphatic carbocycles.